The van der Waals surface area contributed by atoms with Crippen molar-refractivity contribution < 1.29 is 9.53 Å². The number of carbonyl (C=O) groups excluding carboxylic acids is 1. The minimum atomic E-state index is -0.0608. The molecule has 0 rings (SSSR count). The summed E-state index contributed by atoms with van der Waals surface area (Å²) in [6.07, 6.45) is 30.3. The summed E-state index contributed by atoms with van der Waals surface area (Å²) in [6, 6.07) is 0. The maximum absolute atomic E-state index is 11.4. The van der Waals surface area contributed by atoms with Crippen molar-refractivity contribution in [2.75, 3.05) is 6.61 Å². The number of allylic oxidation sites excluding steroid dienone is 8. The second-order valence-corrected chi connectivity index (χ2v) is 6.55. The number of ether oxygens (including phenoxy) is 1. The fraction of sp³-hybridized carbons (Fsp3) is 0.625. The van der Waals surface area contributed by atoms with Gasteiger partial charge in [0.2, 0.25) is 0 Å². The Hall–Kier alpha value is -1.57. The van der Waals surface area contributed by atoms with Crippen molar-refractivity contribution in [1.82, 2.24) is 0 Å². The van der Waals surface area contributed by atoms with Gasteiger partial charge < -0.3 is 4.74 Å². The Bertz CT molecular complexity index is 416. The molecule has 0 amide bonds. The molecular formula is C24H40O2. The monoisotopic (exact) mass is 360 g/mol. The minimum Gasteiger partial charge on any atom is -0.466 e. The average molecular weight is 361 g/mol. The average Bonchev–Trinajstić information content (AvgIpc) is 2.64. The van der Waals surface area contributed by atoms with Gasteiger partial charge in [-0.25, -0.2) is 0 Å². The van der Waals surface area contributed by atoms with Gasteiger partial charge in [0.1, 0.15) is 0 Å². The standard InChI is InChI=1S/C24H40O2/c1-3-5-7-8-9-10-11-12-13-14-15-16-17-18-19-20-21-22-24(25)26-23-6-4-2/h9-10,12-13,15-16,18-19H,3-8,11,14,17,20-23H2,1-2H3/b10-9-,13-12-,16-15-,19-18-. The van der Waals surface area contributed by atoms with E-state index in [1.165, 1.54) is 25.7 Å². The van der Waals surface area contributed by atoms with Gasteiger partial charge in [-0.3, -0.25) is 4.79 Å². The Morgan fingerprint density at radius 1 is 0.654 bits per heavy atom. The predicted octanol–water partition coefficient (Wildman–Crippen LogP) is 7.48. The lowest BCUT2D eigenvalue weighted by atomic mass is 10.2. The molecule has 0 aliphatic heterocycles. The van der Waals surface area contributed by atoms with Gasteiger partial charge in [0.15, 0.2) is 0 Å². The zero-order chi connectivity index (χ0) is 19.1. The molecule has 0 fully saturated rings. The molecule has 0 unspecified atom stereocenters. The van der Waals surface area contributed by atoms with Crippen LogP contribution in [0.5, 0.6) is 0 Å². The number of unbranched alkanes of at least 4 members (excludes halogenated alkanes) is 5. The van der Waals surface area contributed by atoms with Crippen LogP contribution >= 0.6 is 0 Å². The summed E-state index contributed by atoms with van der Waals surface area (Å²) in [5, 5.41) is 0. The second-order valence-electron chi connectivity index (χ2n) is 6.55. The highest BCUT2D eigenvalue weighted by molar-refractivity contribution is 5.69. The topological polar surface area (TPSA) is 26.3 Å². The third-order valence-corrected chi connectivity index (χ3v) is 3.97. The summed E-state index contributed by atoms with van der Waals surface area (Å²) in [7, 11) is 0. The van der Waals surface area contributed by atoms with Crippen LogP contribution in [0.15, 0.2) is 48.6 Å². The molecule has 0 aromatic carbocycles. The Balaban J connectivity index is 3.44. The SMILES string of the molecule is CCCCC/C=C\C/C=C\C/C=C\C/C=C\CCCC(=O)OCCCC. The van der Waals surface area contributed by atoms with E-state index in [0.29, 0.717) is 13.0 Å². The largest absolute Gasteiger partial charge is 0.466 e. The molecule has 0 aliphatic carbocycles. The van der Waals surface area contributed by atoms with Crippen LogP contribution in [0.3, 0.4) is 0 Å². The lowest BCUT2D eigenvalue weighted by molar-refractivity contribution is -0.143. The Morgan fingerprint density at radius 3 is 1.69 bits per heavy atom. The molecule has 0 aromatic heterocycles. The fourth-order valence-electron chi connectivity index (χ4n) is 2.33. The molecule has 2 nitrogen and oxygen atoms in total. The summed E-state index contributed by atoms with van der Waals surface area (Å²) in [4.78, 5) is 11.4. The van der Waals surface area contributed by atoms with Crippen LogP contribution in [0.2, 0.25) is 0 Å². The van der Waals surface area contributed by atoms with Crippen molar-refractivity contribution in [3.05, 3.63) is 48.6 Å². The van der Waals surface area contributed by atoms with E-state index in [-0.39, 0.29) is 5.97 Å². The van der Waals surface area contributed by atoms with Crippen molar-refractivity contribution in [3.63, 3.8) is 0 Å². The highest BCUT2D eigenvalue weighted by atomic mass is 16.5. The summed E-state index contributed by atoms with van der Waals surface area (Å²) < 4.78 is 5.13. The van der Waals surface area contributed by atoms with E-state index in [1.54, 1.807) is 0 Å². The Kier molecular flexibility index (Phi) is 20.2. The molecule has 26 heavy (non-hydrogen) atoms. The van der Waals surface area contributed by atoms with E-state index in [0.717, 1.165) is 44.9 Å². The van der Waals surface area contributed by atoms with E-state index >= 15 is 0 Å². The molecule has 0 aromatic rings. The predicted molar refractivity (Wildman–Crippen MR) is 114 cm³/mol. The van der Waals surface area contributed by atoms with Gasteiger partial charge >= 0.3 is 5.97 Å². The van der Waals surface area contributed by atoms with E-state index in [1.807, 2.05) is 0 Å². The zero-order valence-electron chi connectivity index (χ0n) is 17.1. The Morgan fingerprint density at radius 2 is 1.15 bits per heavy atom. The lowest BCUT2D eigenvalue weighted by Crippen LogP contribution is -2.04. The van der Waals surface area contributed by atoms with Crippen LogP contribution in [-0.2, 0) is 9.53 Å². The summed E-state index contributed by atoms with van der Waals surface area (Å²) in [6.45, 7) is 4.90. The number of rotatable bonds is 17. The number of esters is 1. The first-order chi connectivity index (χ1) is 12.8. The third-order valence-electron chi connectivity index (χ3n) is 3.97. The first-order valence-electron chi connectivity index (χ1n) is 10.6. The molecule has 0 N–H and O–H groups in total. The number of hydrogen-bond acceptors (Lipinski definition) is 2. The smallest absolute Gasteiger partial charge is 0.305 e. The van der Waals surface area contributed by atoms with Crippen LogP contribution in [0.25, 0.3) is 0 Å². The number of hydrogen-bond donors (Lipinski definition) is 0. The van der Waals surface area contributed by atoms with Crippen molar-refractivity contribution in [2.24, 2.45) is 0 Å². The van der Waals surface area contributed by atoms with Crippen molar-refractivity contribution in [3.8, 4) is 0 Å². The van der Waals surface area contributed by atoms with Crippen LogP contribution in [-0.4, -0.2) is 12.6 Å². The second kappa shape index (κ2) is 21.5. The van der Waals surface area contributed by atoms with Crippen LogP contribution in [0.1, 0.15) is 90.9 Å². The first kappa shape index (κ1) is 24.4. The van der Waals surface area contributed by atoms with Crippen LogP contribution in [0, 0.1) is 0 Å². The molecule has 2 heteroatoms. The van der Waals surface area contributed by atoms with Gasteiger partial charge in [-0.2, -0.15) is 0 Å². The van der Waals surface area contributed by atoms with Gasteiger partial charge in [-0.15, -0.1) is 0 Å². The molecule has 0 saturated carbocycles. The lowest BCUT2D eigenvalue weighted by Gasteiger charge is -2.02. The Labute approximate surface area is 162 Å². The third kappa shape index (κ3) is 20.5. The molecule has 0 bridgehead atoms. The van der Waals surface area contributed by atoms with Crippen molar-refractivity contribution >= 4 is 5.97 Å². The maximum atomic E-state index is 11.4. The number of carbonyl (C=O) groups is 1. The molecule has 148 valence electrons. The first-order valence-corrected chi connectivity index (χ1v) is 10.6. The molecule has 0 heterocycles. The van der Waals surface area contributed by atoms with E-state index in [9.17, 15) is 4.79 Å². The van der Waals surface area contributed by atoms with Gasteiger partial charge in [0, 0.05) is 6.42 Å². The van der Waals surface area contributed by atoms with Crippen LogP contribution < -0.4 is 0 Å². The molecule has 0 spiro atoms. The normalized spacial score (nSPS) is 12.2. The highest BCUT2D eigenvalue weighted by Crippen LogP contribution is 2.02. The minimum absolute atomic E-state index is 0.0608. The quantitative estimate of drug-likeness (QED) is 0.153. The summed E-state index contributed by atoms with van der Waals surface area (Å²) >= 11 is 0. The van der Waals surface area contributed by atoms with Gasteiger partial charge in [0.25, 0.3) is 0 Å². The molecular weight excluding hydrogens is 320 g/mol. The van der Waals surface area contributed by atoms with E-state index in [2.05, 4.69) is 62.5 Å². The van der Waals surface area contributed by atoms with Crippen molar-refractivity contribution in [2.45, 2.75) is 90.9 Å². The zero-order valence-corrected chi connectivity index (χ0v) is 17.1. The van der Waals surface area contributed by atoms with Gasteiger partial charge in [-0.1, -0.05) is 81.7 Å². The maximum Gasteiger partial charge on any atom is 0.305 e. The van der Waals surface area contributed by atoms with E-state index in [4.69, 9.17) is 4.74 Å². The van der Waals surface area contributed by atoms with E-state index < -0.39 is 0 Å². The van der Waals surface area contributed by atoms with Gasteiger partial charge in [0.05, 0.1) is 6.61 Å². The fourth-order valence-corrected chi connectivity index (χ4v) is 2.33. The molecule has 0 atom stereocenters. The van der Waals surface area contributed by atoms with Crippen LogP contribution in [0.4, 0.5) is 0 Å². The van der Waals surface area contributed by atoms with Crippen molar-refractivity contribution in [1.29, 1.82) is 0 Å². The molecule has 0 saturated heterocycles. The molecule has 0 aliphatic rings. The summed E-state index contributed by atoms with van der Waals surface area (Å²) in [5.74, 6) is -0.0608. The highest BCUT2D eigenvalue weighted by Gasteiger charge is 2.00. The summed E-state index contributed by atoms with van der Waals surface area (Å²) in [5.41, 5.74) is 0. The molecule has 0 radical (unpaired) electrons. The van der Waals surface area contributed by atoms with Gasteiger partial charge in [-0.05, 0) is 51.4 Å².